The maximum absolute atomic E-state index is 12.1. The Kier molecular flexibility index (Phi) is 3.32. The first-order valence-electron chi connectivity index (χ1n) is 5.51. The summed E-state index contributed by atoms with van der Waals surface area (Å²) in [7, 11) is 0. The molecule has 1 aliphatic rings. The van der Waals surface area contributed by atoms with Crippen LogP contribution >= 0.6 is 0 Å². The quantitative estimate of drug-likeness (QED) is 0.727. The van der Waals surface area contributed by atoms with Crippen molar-refractivity contribution in [2.24, 2.45) is 0 Å². The molecule has 1 saturated heterocycles. The molecule has 0 bridgehead atoms. The van der Waals surface area contributed by atoms with Crippen molar-refractivity contribution in [2.75, 3.05) is 19.6 Å². The number of carbonyl (C=O) groups excluding carboxylic acids is 2. The highest BCUT2D eigenvalue weighted by molar-refractivity contribution is 5.94. The lowest BCUT2D eigenvalue weighted by atomic mass is 10.3. The van der Waals surface area contributed by atoms with Crippen LogP contribution in [0.25, 0.3) is 0 Å². The maximum atomic E-state index is 12.1. The molecule has 1 aromatic rings. The number of rotatable bonds is 1. The molecule has 1 fully saturated rings. The van der Waals surface area contributed by atoms with Gasteiger partial charge in [-0.25, -0.2) is 4.98 Å². The summed E-state index contributed by atoms with van der Waals surface area (Å²) in [6, 6.07) is 0. The van der Waals surface area contributed by atoms with Crippen molar-refractivity contribution in [3.8, 4) is 0 Å². The van der Waals surface area contributed by atoms with Crippen molar-refractivity contribution in [1.82, 2.24) is 20.2 Å². The van der Waals surface area contributed by atoms with Crippen molar-refractivity contribution in [3.63, 3.8) is 0 Å². The summed E-state index contributed by atoms with van der Waals surface area (Å²) in [4.78, 5) is 32.9. The Morgan fingerprint density at radius 2 is 2.24 bits per heavy atom. The van der Waals surface area contributed by atoms with Crippen molar-refractivity contribution in [2.45, 2.75) is 13.3 Å². The van der Waals surface area contributed by atoms with E-state index in [-0.39, 0.29) is 24.1 Å². The zero-order valence-electron chi connectivity index (χ0n) is 9.64. The lowest BCUT2D eigenvalue weighted by molar-refractivity contribution is -0.121. The van der Waals surface area contributed by atoms with Gasteiger partial charge in [-0.2, -0.15) is 0 Å². The molecule has 17 heavy (non-hydrogen) atoms. The van der Waals surface area contributed by atoms with Crippen molar-refractivity contribution < 1.29 is 9.59 Å². The molecular weight excluding hydrogens is 220 g/mol. The highest BCUT2D eigenvalue weighted by Crippen LogP contribution is 2.04. The summed E-state index contributed by atoms with van der Waals surface area (Å²) in [6.45, 7) is 3.07. The first-order valence-corrected chi connectivity index (χ1v) is 5.51. The molecule has 90 valence electrons. The van der Waals surface area contributed by atoms with Gasteiger partial charge in [-0.3, -0.25) is 14.6 Å². The monoisotopic (exact) mass is 234 g/mol. The van der Waals surface area contributed by atoms with Crippen LogP contribution < -0.4 is 5.32 Å². The van der Waals surface area contributed by atoms with E-state index in [9.17, 15) is 9.59 Å². The van der Waals surface area contributed by atoms with E-state index in [1.807, 2.05) is 0 Å². The number of amides is 2. The molecule has 2 heterocycles. The van der Waals surface area contributed by atoms with Gasteiger partial charge in [0.05, 0.1) is 18.4 Å². The van der Waals surface area contributed by atoms with E-state index < -0.39 is 0 Å². The van der Waals surface area contributed by atoms with Crippen molar-refractivity contribution in [3.05, 3.63) is 23.8 Å². The van der Waals surface area contributed by atoms with Gasteiger partial charge in [0.2, 0.25) is 5.91 Å². The topological polar surface area (TPSA) is 75.2 Å². The Labute approximate surface area is 99.1 Å². The van der Waals surface area contributed by atoms with Gasteiger partial charge in [0.1, 0.15) is 5.69 Å². The SMILES string of the molecule is Cc1cnc(C(=O)N2CCCNC(=O)C2)cn1. The summed E-state index contributed by atoms with van der Waals surface area (Å²) in [5, 5.41) is 2.72. The molecule has 6 heteroatoms. The minimum Gasteiger partial charge on any atom is -0.354 e. The van der Waals surface area contributed by atoms with Crippen LogP contribution in [0.4, 0.5) is 0 Å². The predicted molar refractivity (Wildman–Crippen MR) is 60.3 cm³/mol. The van der Waals surface area contributed by atoms with Crippen LogP contribution in [0, 0.1) is 6.92 Å². The summed E-state index contributed by atoms with van der Waals surface area (Å²) >= 11 is 0. The van der Waals surface area contributed by atoms with Crippen LogP contribution in [0.1, 0.15) is 22.6 Å². The number of nitrogens with one attached hydrogen (secondary N) is 1. The third-order valence-corrected chi connectivity index (χ3v) is 2.55. The molecule has 0 unspecified atom stereocenters. The Hall–Kier alpha value is -1.98. The normalized spacial score (nSPS) is 16.3. The third kappa shape index (κ3) is 2.77. The molecule has 0 aromatic carbocycles. The van der Waals surface area contributed by atoms with Gasteiger partial charge in [-0.15, -0.1) is 0 Å². The number of carbonyl (C=O) groups is 2. The fourth-order valence-electron chi connectivity index (χ4n) is 1.64. The molecule has 0 saturated carbocycles. The van der Waals surface area contributed by atoms with E-state index in [0.717, 1.165) is 12.1 Å². The molecule has 0 aliphatic carbocycles. The lowest BCUT2D eigenvalue weighted by Crippen LogP contribution is -2.37. The maximum Gasteiger partial charge on any atom is 0.274 e. The van der Waals surface area contributed by atoms with E-state index in [4.69, 9.17) is 0 Å². The zero-order valence-corrected chi connectivity index (χ0v) is 9.64. The van der Waals surface area contributed by atoms with E-state index >= 15 is 0 Å². The Balaban J connectivity index is 2.13. The fourth-order valence-corrected chi connectivity index (χ4v) is 1.64. The van der Waals surface area contributed by atoms with Crippen LogP contribution in [-0.4, -0.2) is 46.3 Å². The molecule has 1 aliphatic heterocycles. The molecule has 6 nitrogen and oxygen atoms in total. The van der Waals surface area contributed by atoms with Gasteiger partial charge in [0.25, 0.3) is 5.91 Å². The molecule has 0 atom stereocenters. The molecule has 2 amide bonds. The Morgan fingerprint density at radius 1 is 1.41 bits per heavy atom. The molecule has 1 aromatic heterocycles. The predicted octanol–water partition coefficient (Wildman–Crippen LogP) is -0.253. The highest BCUT2D eigenvalue weighted by Gasteiger charge is 2.21. The van der Waals surface area contributed by atoms with Gasteiger partial charge < -0.3 is 10.2 Å². The van der Waals surface area contributed by atoms with Gasteiger partial charge in [0.15, 0.2) is 0 Å². The van der Waals surface area contributed by atoms with E-state index in [0.29, 0.717) is 13.1 Å². The van der Waals surface area contributed by atoms with Crippen LogP contribution in [-0.2, 0) is 4.79 Å². The molecule has 2 rings (SSSR count). The summed E-state index contributed by atoms with van der Waals surface area (Å²) in [5.74, 6) is -0.370. The minimum absolute atomic E-state index is 0.0917. The van der Waals surface area contributed by atoms with Crippen molar-refractivity contribution >= 4 is 11.8 Å². The zero-order chi connectivity index (χ0) is 12.3. The number of aryl methyl sites for hydroxylation is 1. The summed E-state index contributed by atoms with van der Waals surface area (Å²) in [5.41, 5.74) is 1.04. The number of hydrogen-bond acceptors (Lipinski definition) is 4. The Morgan fingerprint density at radius 3 is 2.94 bits per heavy atom. The van der Waals surface area contributed by atoms with Crippen molar-refractivity contribution in [1.29, 1.82) is 0 Å². The van der Waals surface area contributed by atoms with E-state index in [1.165, 1.54) is 11.1 Å². The first kappa shape index (κ1) is 11.5. The minimum atomic E-state index is -0.241. The van der Waals surface area contributed by atoms with Crippen LogP contribution in [0.3, 0.4) is 0 Å². The molecule has 0 radical (unpaired) electrons. The second-order valence-corrected chi connectivity index (χ2v) is 3.97. The van der Waals surface area contributed by atoms with Gasteiger partial charge in [-0.05, 0) is 13.3 Å². The molecular formula is C11H14N4O2. The number of nitrogens with zero attached hydrogens (tertiary/aromatic N) is 3. The van der Waals surface area contributed by atoms with Crippen LogP contribution in [0.15, 0.2) is 12.4 Å². The van der Waals surface area contributed by atoms with Gasteiger partial charge >= 0.3 is 0 Å². The Bertz CT molecular complexity index is 430. The van der Waals surface area contributed by atoms with Crippen LogP contribution in [0.2, 0.25) is 0 Å². The summed E-state index contributed by atoms with van der Waals surface area (Å²) < 4.78 is 0. The first-order chi connectivity index (χ1) is 8.16. The number of aromatic nitrogens is 2. The van der Waals surface area contributed by atoms with E-state index in [2.05, 4.69) is 15.3 Å². The molecule has 1 N–H and O–H groups in total. The lowest BCUT2D eigenvalue weighted by Gasteiger charge is -2.18. The summed E-state index contributed by atoms with van der Waals surface area (Å²) in [6.07, 6.45) is 3.75. The fraction of sp³-hybridized carbons (Fsp3) is 0.455. The third-order valence-electron chi connectivity index (χ3n) is 2.55. The highest BCUT2D eigenvalue weighted by atomic mass is 16.2. The standard InChI is InChI=1S/C11H14N4O2/c1-8-5-14-9(6-13-8)11(17)15-4-2-3-12-10(16)7-15/h5-6H,2-4,7H2,1H3,(H,12,16). The largest absolute Gasteiger partial charge is 0.354 e. The smallest absolute Gasteiger partial charge is 0.274 e. The van der Waals surface area contributed by atoms with Gasteiger partial charge in [-0.1, -0.05) is 0 Å². The van der Waals surface area contributed by atoms with E-state index in [1.54, 1.807) is 13.1 Å². The second-order valence-electron chi connectivity index (χ2n) is 3.97. The second kappa shape index (κ2) is 4.90. The molecule has 0 spiro atoms. The number of hydrogen-bond donors (Lipinski definition) is 1. The average Bonchev–Trinajstić information content (AvgIpc) is 2.54. The van der Waals surface area contributed by atoms with Crippen LogP contribution in [0.5, 0.6) is 0 Å². The van der Waals surface area contributed by atoms with Gasteiger partial charge in [0, 0.05) is 19.3 Å². The average molecular weight is 234 g/mol.